The fourth-order valence-corrected chi connectivity index (χ4v) is 3.30. The van der Waals surface area contributed by atoms with Crippen LogP contribution in [-0.4, -0.2) is 29.3 Å². The number of rotatable bonds is 4. The number of benzene rings is 1. The molecule has 1 heterocycles. The molecule has 0 atom stereocenters. The summed E-state index contributed by atoms with van der Waals surface area (Å²) >= 11 is 5.64. The van der Waals surface area contributed by atoms with Crippen LogP contribution in [0.2, 0.25) is 5.02 Å². The lowest BCUT2D eigenvalue weighted by Gasteiger charge is -2.18. The number of anilines is 1. The molecule has 1 aromatic carbocycles. The summed E-state index contributed by atoms with van der Waals surface area (Å²) in [4.78, 5) is 3.48. The molecular formula is C12H14ClFN4O2S. The lowest BCUT2D eigenvalue weighted by molar-refractivity contribution is 0.446. The summed E-state index contributed by atoms with van der Waals surface area (Å²) in [7, 11) is -0.996. The minimum Gasteiger partial charge on any atom is -0.399 e. The topological polar surface area (TPSA) is 81.2 Å². The number of halogens is 2. The number of nitrogens with two attached hydrogens (primary N) is 1. The van der Waals surface area contributed by atoms with E-state index < -0.39 is 20.7 Å². The lowest BCUT2D eigenvalue weighted by atomic mass is 10.3. The molecule has 0 fully saturated rings. The van der Waals surface area contributed by atoms with Gasteiger partial charge in [0.25, 0.3) is 0 Å². The molecule has 2 rings (SSSR count). The molecule has 0 unspecified atom stereocenters. The number of hydrogen-bond donors (Lipinski definition) is 1. The summed E-state index contributed by atoms with van der Waals surface area (Å²) in [6, 6.07) is 2.21. The number of nitrogens with zero attached hydrogens (tertiary/aromatic N) is 3. The molecule has 0 amide bonds. The van der Waals surface area contributed by atoms with Gasteiger partial charge in [-0.15, -0.1) is 0 Å². The minimum absolute atomic E-state index is 0.00229. The van der Waals surface area contributed by atoms with Crippen molar-refractivity contribution >= 4 is 27.3 Å². The van der Waals surface area contributed by atoms with Gasteiger partial charge in [-0.3, -0.25) is 0 Å². The molecule has 2 aromatic rings. The predicted octanol–water partition coefficient (Wildman–Crippen LogP) is 1.62. The van der Waals surface area contributed by atoms with Gasteiger partial charge < -0.3 is 10.3 Å². The van der Waals surface area contributed by atoms with Crippen molar-refractivity contribution in [2.24, 2.45) is 7.05 Å². The molecule has 9 heteroatoms. The Kier molecular flexibility index (Phi) is 4.22. The van der Waals surface area contributed by atoms with E-state index in [1.807, 2.05) is 0 Å². The first kappa shape index (κ1) is 15.7. The highest BCUT2D eigenvalue weighted by molar-refractivity contribution is 7.89. The molecule has 0 saturated heterocycles. The number of imidazole rings is 1. The maximum atomic E-state index is 14.0. The van der Waals surface area contributed by atoms with E-state index in [9.17, 15) is 12.8 Å². The average Bonchev–Trinajstić information content (AvgIpc) is 2.79. The molecule has 0 bridgehead atoms. The standard InChI is InChI=1S/C12H14ClFN4O2S/c1-17-4-3-16-11(17)7-18(2)21(19,20)10-6-8(15)5-9(13)12(10)14/h3-6H,7,15H2,1-2H3. The zero-order chi connectivity index (χ0) is 15.8. The summed E-state index contributed by atoms with van der Waals surface area (Å²) < 4.78 is 41.5. The second kappa shape index (κ2) is 5.63. The normalized spacial score (nSPS) is 12.0. The van der Waals surface area contributed by atoms with E-state index in [0.29, 0.717) is 5.82 Å². The van der Waals surface area contributed by atoms with E-state index in [2.05, 4.69) is 4.98 Å². The van der Waals surface area contributed by atoms with Crippen LogP contribution < -0.4 is 5.73 Å². The van der Waals surface area contributed by atoms with E-state index in [1.54, 1.807) is 24.0 Å². The van der Waals surface area contributed by atoms with Crippen molar-refractivity contribution in [2.45, 2.75) is 11.4 Å². The summed E-state index contributed by atoms with van der Waals surface area (Å²) in [6.07, 6.45) is 3.24. The Morgan fingerprint density at radius 1 is 1.48 bits per heavy atom. The number of aryl methyl sites for hydroxylation is 1. The first-order valence-corrected chi connectivity index (χ1v) is 7.72. The third kappa shape index (κ3) is 3.02. The van der Waals surface area contributed by atoms with Gasteiger partial charge in [-0.1, -0.05) is 11.6 Å². The SMILES string of the molecule is CN(Cc1nccn1C)S(=O)(=O)c1cc(N)cc(Cl)c1F. The molecule has 0 radical (unpaired) electrons. The third-order valence-electron chi connectivity index (χ3n) is 2.99. The molecule has 0 aliphatic heterocycles. The smallest absolute Gasteiger partial charge is 0.246 e. The molecule has 114 valence electrons. The highest BCUT2D eigenvalue weighted by Crippen LogP contribution is 2.27. The first-order chi connectivity index (χ1) is 9.73. The lowest BCUT2D eigenvalue weighted by Crippen LogP contribution is -2.28. The van der Waals surface area contributed by atoms with Crippen molar-refractivity contribution in [2.75, 3.05) is 12.8 Å². The predicted molar refractivity (Wildman–Crippen MR) is 77.7 cm³/mol. The maximum absolute atomic E-state index is 14.0. The Bertz CT molecular complexity index is 776. The Morgan fingerprint density at radius 2 is 2.14 bits per heavy atom. The second-order valence-electron chi connectivity index (χ2n) is 4.53. The van der Waals surface area contributed by atoms with E-state index in [-0.39, 0.29) is 17.3 Å². The van der Waals surface area contributed by atoms with Crippen LogP contribution in [0.1, 0.15) is 5.82 Å². The Morgan fingerprint density at radius 3 is 2.71 bits per heavy atom. The molecule has 1 aromatic heterocycles. The largest absolute Gasteiger partial charge is 0.399 e. The minimum atomic E-state index is -4.07. The van der Waals surface area contributed by atoms with E-state index in [0.717, 1.165) is 16.4 Å². The van der Waals surface area contributed by atoms with Gasteiger partial charge in [0, 0.05) is 32.2 Å². The van der Waals surface area contributed by atoms with E-state index >= 15 is 0 Å². The molecule has 0 aliphatic carbocycles. The Hall–Kier alpha value is -1.64. The quantitative estimate of drug-likeness (QED) is 0.863. The monoisotopic (exact) mass is 332 g/mol. The molecule has 0 aliphatic rings. The molecule has 21 heavy (non-hydrogen) atoms. The van der Waals surface area contributed by atoms with Crippen LogP contribution in [0.25, 0.3) is 0 Å². The van der Waals surface area contributed by atoms with Gasteiger partial charge in [-0.2, -0.15) is 4.31 Å². The van der Waals surface area contributed by atoms with Crippen molar-refractivity contribution in [3.05, 3.63) is 41.2 Å². The van der Waals surface area contributed by atoms with Gasteiger partial charge in [-0.05, 0) is 12.1 Å². The number of aromatic nitrogens is 2. The average molecular weight is 333 g/mol. The number of sulfonamides is 1. The van der Waals surface area contributed by atoms with Crippen LogP contribution in [0, 0.1) is 5.82 Å². The van der Waals surface area contributed by atoms with Crippen LogP contribution in [0.3, 0.4) is 0 Å². The molecule has 2 N–H and O–H groups in total. The van der Waals surface area contributed by atoms with E-state index in [1.165, 1.54) is 7.05 Å². The van der Waals surface area contributed by atoms with Crippen molar-refractivity contribution in [3.8, 4) is 0 Å². The van der Waals surface area contributed by atoms with Crippen molar-refractivity contribution in [3.63, 3.8) is 0 Å². The van der Waals surface area contributed by atoms with Crippen LogP contribution in [0.15, 0.2) is 29.4 Å². The second-order valence-corrected chi connectivity index (χ2v) is 6.95. The summed E-state index contributed by atoms with van der Waals surface area (Å²) in [5, 5.41) is -0.334. The van der Waals surface area contributed by atoms with Gasteiger partial charge >= 0.3 is 0 Å². The maximum Gasteiger partial charge on any atom is 0.246 e. The summed E-state index contributed by atoms with van der Waals surface area (Å²) in [5.74, 6) is -0.492. The number of nitrogen functional groups attached to an aromatic ring is 1. The molecule has 6 nitrogen and oxygen atoms in total. The first-order valence-electron chi connectivity index (χ1n) is 5.90. The van der Waals surface area contributed by atoms with Crippen LogP contribution in [-0.2, 0) is 23.6 Å². The Balaban J connectivity index is 2.40. The fourth-order valence-electron chi connectivity index (χ4n) is 1.77. The molecule has 0 saturated carbocycles. The zero-order valence-corrected chi connectivity index (χ0v) is 13.0. The highest BCUT2D eigenvalue weighted by atomic mass is 35.5. The highest BCUT2D eigenvalue weighted by Gasteiger charge is 2.27. The third-order valence-corrected chi connectivity index (χ3v) is 5.07. The number of hydrogen-bond acceptors (Lipinski definition) is 4. The molecule has 0 spiro atoms. The van der Waals surface area contributed by atoms with Gasteiger partial charge in [0.05, 0.1) is 11.6 Å². The van der Waals surface area contributed by atoms with E-state index in [4.69, 9.17) is 17.3 Å². The van der Waals surface area contributed by atoms with Crippen molar-refractivity contribution in [1.82, 2.24) is 13.9 Å². The van der Waals surface area contributed by atoms with Crippen LogP contribution in [0.5, 0.6) is 0 Å². The van der Waals surface area contributed by atoms with Gasteiger partial charge in [0.1, 0.15) is 10.7 Å². The summed E-state index contributed by atoms with van der Waals surface area (Å²) in [6.45, 7) is -0.00229. The van der Waals surface area contributed by atoms with Gasteiger partial charge in [0.15, 0.2) is 5.82 Å². The van der Waals surface area contributed by atoms with Crippen LogP contribution >= 0.6 is 11.6 Å². The van der Waals surface area contributed by atoms with Gasteiger partial charge in [0.2, 0.25) is 10.0 Å². The zero-order valence-electron chi connectivity index (χ0n) is 11.4. The summed E-state index contributed by atoms with van der Waals surface area (Å²) in [5.41, 5.74) is 5.61. The molecular weight excluding hydrogens is 319 g/mol. The van der Waals surface area contributed by atoms with Crippen LogP contribution in [0.4, 0.5) is 10.1 Å². The Labute approximate surface area is 127 Å². The van der Waals surface area contributed by atoms with Gasteiger partial charge in [-0.25, -0.2) is 17.8 Å². The van der Waals surface area contributed by atoms with Crippen molar-refractivity contribution in [1.29, 1.82) is 0 Å². The fraction of sp³-hybridized carbons (Fsp3) is 0.250. The van der Waals surface area contributed by atoms with Crippen molar-refractivity contribution < 1.29 is 12.8 Å².